The van der Waals surface area contributed by atoms with Gasteiger partial charge in [-0.05, 0) is 37.8 Å². The molecule has 1 aromatic heterocycles. The lowest BCUT2D eigenvalue weighted by molar-refractivity contribution is 0.0696. The summed E-state index contributed by atoms with van der Waals surface area (Å²) in [6, 6.07) is 1.67. The predicted molar refractivity (Wildman–Crippen MR) is 63.2 cm³/mol. The van der Waals surface area contributed by atoms with Crippen LogP contribution < -0.4 is 5.32 Å². The van der Waals surface area contributed by atoms with E-state index in [0.29, 0.717) is 11.4 Å². The Hall–Kier alpha value is -1.62. The summed E-state index contributed by atoms with van der Waals surface area (Å²) in [5.74, 6) is -0.642. The fourth-order valence-electron chi connectivity index (χ4n) is 2.10. The second kappa shape index (κ2) is 4.33. The maximum absolute atomic E-state index is 11.2. The van der Waals surface area contributed by atoms with E-state index in [2.05, 4.69) is 10.3 Å². The van der Waals surface area contributed by atoms with Gasteiger partial charge in [0.1, 0.15) is 11.4 Å². The minimum absolute atomic E-state index is 0.00167. The standard InChI is InChI=1S/C12H16N2O3/c1-8-3-6-13-10(9(8)11(16)17)14-12(7-15)4-2-5-12/h3,6,15H,2,4-5,7H2,1H3,(H,13,14)(H,16,17). The maximum atomic E-state index is 11.2. The van der Waals surface area contributed by atoms with Gasteiger partial charge in [-0.2, -0.15) is 0 Å². The van der Waals surface area contributed by atoms with E-state index < -0.39 is 5.97 Å². The average Bonchev–Trinajstić information content (AvgIpc) is 2.23. The summed E-state index contributed by atoms with van der Waals surface area (Å²) < 4.78 is 0. The second-order valence-electron chi connectivity index (χ2n) is 4.57. The van der Waals surface area contributed by atoms with Crippen molar-refractivity contribution in [3.63, 3.8) is 0 Å². The summed E-state index contributed by atoms with van der Waals surface area (Å²) in [4.78, 5) is 15.3. The van der Waals surface area contributed by atoms with E-state index in [0.717, 1.165) is 19.3 Å². The third-order valence-corrected chi connectivity index (χ3v) is 3.37. The summed E-state index contributed by atoms with van der Waals surface area (Å²) in [6.07, 6.45) is 4.31. The van der Waals surface area contributed by atoms with Crippen LogP contribution in [0.3, 0.4) is 0 Å². The fourth-order valence-corrected chi connectivity index (χ4v) is 2.10. The Labute approximate surface area is 99.5 Å². The summed E-state index contributed by atoms with van der Waals surface area (Å²) in [6.45, 7) is 1.74. The van der Waals surface area contributed by atoms with Crippen LogP contribution in [-0.4, -0.2) is 33.3 Å². The summed E-state index contributed by atoms with van der Waals surface area (Å²) in [7, 11) is 0. The van der Waals surface area contributed by atoms with E-state index in [1.165, 1.54) is 0 Å². The zero-order valence-corrected chi connectivity index (χ0v) is 9.73. The van der Waals surface area contributed by atoms with Crippen molar-refractivity contribution in [2.24, 2.45) is 0 Å². The summed E-state index contributed by atoms with van der Waals surface area (Å²) in [5, 5.41) is 21.6. The van der Waals surface area contributed by atoms with Gasteiger partial charge in [-0.1, -0.05) is 0 Å². The van der Waals surface area contributed by atoms with Crippen LogP contribution >= 0.6 is 0 Å². The molecule has 0 radical (unpaired) electrons. The molecule has 92 valence electrons. The van der Waals surface area contributed by atoms with Gasteiger partial charge in [0.2, 0.25) is 0 Å². The lowest BCUT2D eigenvalue weighted by Gasteiger charge is -2.41. The highest BCUT2D eigenvalue weighted by Gasteiger charge is 2.37. The topological polar surface area (TPSA) is 82.5 Å². The molecule has 3 N–H and O–H groups in total. The van der Waals surface area contributed by atoms with Crippen molar-refractivity contribution >= 4 is 11.8 Å². The second-order valence-corrected chi connectivity index (χ2v) is 4.57. The highest BCUT2D eigenvalue weighted by molar-refractivity contribution is 5.94. The van der Waals surface area contributed by atoms with Crippen molar-refractivity contribution in [1.82, 2.24) is 4.98 Å². The molecule has 1 heterocycles. The third-order valence-electron chi connectivity index (χ3n) is 3.37. The number of carboxylic acids is 1. The zero-order valence-electron chi connectivity index (χ0n) is 9.73. The predicted octanol–water partition coefficient (Wildman–Crippen LogP) is 1.42. The van der Waals surface area contributed by atoms with Crippen molar-refractivity contribution < 1.29 is 15.0 Å². The summed E-state index contributed by atoms with van der Waals surface area (Å²) >= 11 is 0. The van der Waals surface area contributed by atoms with Gasteiger partial charge in [-0.25, -0.2) is 9.78 Å². The molecular weight excluding hydrogens is 220 g/mol. The van der Waals surface area contributed by atoms with E-state index in [-0.39, 0.29) is 17.7 Å². The first-order chi connectivity index (χ1) is 8.08. The van der Waals surface area contributed by atoms with Gasteiger partial charge in [0.15, 0.2) is 0 Å². The number of aliphatic hydroxyl groups is 1. The molecule has 1 aliphatic rings. The Morgan fingerprint density at radius 1 is 1.59 bits per heavy atom. The van der Waals surface area contributed by atoms with E-state index >= 15 is 0 Å². The van der Waals surface area contributed by atoms with Crippen molar-refractivity contribution in [2.75, 3.05) is 11.9 Å². The van der Waals surface area contributed by atoms with E-state index in [9.17, 15) is 9.90 Å². The van der Waals surface area contributed by atoms with E-state index in [4.69, 9.17) is 5.11 Å². The summed E-state index contributed by atoms with van der Waals surface area (Å²) in [5.41, 5.74) is 0.472. The van der Waals surface area contributed by atoms with Crippen LogP contribution in [-0.2, 0) is 0 Å². The smallest absolute Gasteiger partial charge is 0.339 e. The molecule has 2 rings (SSSR count). The number of carbonyl (C=O) groups is 1. The Bertz CT molecular complexity index is 436. The molecule has 17 heavy (non-hydrogen) atoms. The third kappa shape index (κ3) is 2.10. The van der Waals surface area contributed by atoms with Crippen molar-refractivity contribution in [3.8, 4) is 0 Å². The number of hydrogen-bond acceptors (Lipinski definition) is 4. The van der Waals surface area contributed by atoms with Crippen LogP contribution in [0.5, 0.6) is 0 Å². The normalized spacial score (nSPS) is 17.3. The molecule has 0 unspecified atom stereocenters. The van der Waals surface area contributed by atoms with Gasteiger partial charge in [0, 0.05) is 6.20 Å². The lowest BCUT2D eigenvalue weighted by atomic mass is 9.77. The van der Waals surface area contributed by atoms with Gasteiger partial charge in [0.05, 0.1) is 12.1 Å². The van der Waals surface area contributed by atoms with E-state index in [1.54, 1.807) is 19.2 Å². The minimum atomic E-state index is -0.995. The minimum Gasteiger partial charge on any atom is -0.478 e. The molecule has 5 nitrogen and oxygen atoms in total. The Balaban J connectivity index is 2.32. The zero-order chi connectivity index (χ0) is 12.5. The lowest BCUT2D eigenvalue weighted by Crippen LogP contribution is -2.48. The van der Waals surface area contributed by atoms with Crippen LogP contribution in [0.25, 0.3) is 0 Å². The quantitative estimate of drug-likeness (QED) is 0.736. The highest BCUT2D eigenvalue weighted by atomic mass is 16.4. The van der Waals surface area contributed by atoms with Gasteiger partial charge in [-0.15, -0.1) is 0 Å². The molecule has 0 bridgehead atoms. The van der Waals surface area contributed by atoms with Crippen LogP contribution in [0.2, 0.25) is 0 Å². The Kier molecular flexibility index (Phi) is 3.02. The number of nitrogens with one attached hydrogen (secondary N) is 1. The van der Waals surface area contributed by atoms with Crippen molar-refractivity contribution in [2.45, 2.75) is 31.7 Å². The number of aliphatic hydroxyl groups excluding tert-OH is 1. The van der Waals surface area contributed by atoms with Crippen LogP contribution in [0.4, 0.5) is 5.82 Å². The maximum Gasteiger partial charge on any atom is 0.339 e. The number of nitrogens with zero attached hydrogens (tertiary/aromatic N) is 1. The van der Waals surface area contributed by atoms with Gasteiger partial charge >= 0.3 is 5.97 Å². The molecule has 0 aliphatic heterocycles. The largest absolute Gasteiger partial charge is 0.478 e. The molecule has 1 aliphatic carbocycles. The Morgan fingerprint density at radius 2 is 2.29 bits per heavy atom. The molecule has 1 fully saturated rings. The van der Waals surface area contributed by atoms with Crippen molar-refractivity contribution in [1.29, 1.82) is 0 Å². The Morgan fingerprint density at radius 3 is 2.76 bits per heavy atom. The first-order valence-electron chi connectivity index (χ1n) is 5.66. The molecule has 1 saturated carbocycles. The number of aromatic nitrogens is 1. The molecule has 0 amide bonds. The fraction of sp³-hybridized carbons (Fsp3) is 0.500. The molecule has 1 aromatic rings. The highest BCUT2D eigenvalue weighted by Crippen LogP contribution is 2.35. The number of hydrogen-bond donors (Lipinski definition) is 3. The first kappa shape index (κ1) is 11.9. The van der Waals surface area contributed by atoms with Gasteiger partial charge in [-0.3, -0.25) is 0 Å². The molecular formula is C12H16N2O3. The van der Waals surface area contributed by atoms with Crippen LogP contribution in [0.15, 0.2) is 12.3 Å². The average molecular weight is 236 g/mol. The number of pyridine rings is 1. The van der Waals surface area contributed by atoms with Gasteiger partial charge < -0.3 is 15.5 Å². The molecule has 0 saturated heterocycles. The number of aromatic carboxylic acids is 1. The molecule has 0 aromatic carbocycles. The number of rotatable bonds is 4. The monoisotopic (exact) mass is 236 g/mol. The number of carboxylic acid groups (broad SMARTS) is 1. The molecule has 0 spiro atoms. The van der Waals surface area contributed by atoms with Gasteiger partial charge in [0.25, 0.3) is 0 Å². The SMILES string of the molecule is Cc1ccnc(NC2(CO)CCC2)c1C(=O)O. The molecule has 5 heteroatoms. The number of anilines is 1. The number of aryl methyl sites for hydroxylation is 1. The first-order valence-corrected chi connectivity index (χ1v) is 5.66. The van der Waals surface area contributed by atoms with Crippen LogP contribution in [0.1, 0.15) is 35.2 Å². The van der Waals surface area contributed by atoms with Crippen molar-refractivity contribution in [3.05, 3.63) is 23.4 Å². The van der Waals surface area contributed by atoms with E-state index in [1.807, 2.05) is 0 Å². The molecule has 0 atom stereocenters. The van der Waals surface area contributed by atoms with Crippen LogP contribution in [0, 0.1) is 6.92 Å².